The second kappa shape index (κ2) is 6.17. The van der Waals surface area contributed by atoms with Crippen LogP contribution in [0.1, 0.15) is 6.92 Å². The van der Waals surface area contributed by atoms with Crippen molar-refractivity contribution in [2.24, 2.45) is 7.05 Å². The van der Waals surface area contributed by atoms with Crippen LogP contribution in [0.25, 0.3) is 30.9 Å². The topological polar surface area (TPSA) is 69.0 Å². The van der Waals surface area contributed by atoms with Crippen molar-refractivity contribution in [3.63, 3.8) is 0 Å². The molecule has 136 valence electrons. The van der Waals surface area contributed by atoms with E-state index in [1.807, 2.05) is 30.4 Å². The Kier molecular flexibility index (Phi) is 3.76. The van der Waals surface area contributed by atoms with Crippen molar-refractivity contribution in [2.45, 2.75) is 13.0 Å². The number of rotatable bonds is 4. The van der Waals surface area contributed by atoms with E-state index < -0.39 is 0 Å². The maximum Gasteiger partial charge on any atom is 0.244 e. The number of ether oxygens (including phenoxy) is 1. The largest absolute Gasteiger partial charge is 0.485 e. The van der Waals surface area contributed by atoms with Crippen LogP contribution < -0.4 is 10.1 Å². The molecule has 1 amide bonds. The fourth-order valence-corrected chi connectivity index (χ4v) is 5.00. The molecule has 0 saturated heterocycles. The molecule has 4 aromatic rings. The lowest BCUT2D eigenvalue weighted by atomic mass is 10.1. The Morgan fingerprint density at radius 1 is 1.33 bits per heavy atom. The Balaban J connectivity index is 1.56. The lowest BCUT2D eigenvalue weighted by Crippen LogP contribution is -2.21. The monoisotopic (exact) mass is 396 g/mol. The van der Waals surface area contributed by atoms with Crippen LogP contribution in [0.15, 0.2) is 41.6 Å². The van der Waals surface area contributed by atoms with Gasteiger partial charge in [0.15, 0.2) is 0 Å². The molecule has 0 unspecified atom stereocenters. The molecule has 6 nitrogen and oxygen atoms in total. The van der Waals surface area contributed by atoms with E-state index in [1.165, 1.54) is 0 Å². The van der Waals surface area contributed by atoms with E-state index in [1.54, 1.807) is 28.7 Å². The minimum atomic E-state index is -0.184. The minimum Gasteiger partial charge on any atom is -0.485 e. The zero-order valence-corrected chi connectivity index (χ0v) is 16.4. The molecule has 0 saturated carbocycles. The first kappa shape index (κ1) is 16.5. The highest BCUT2D eigenvalue weighted by Crippen LogP contribution is 2.39. The molecule has 27 heavy (non-hydrogen) atoms. The number of carbonyl (C=O) groups is 1. The Morgan fingerprint density at radius 3 is 3.00 bits per heavy atom. The van der Waals surface area contributed by atoms with Crippen molar-refractivity contribution in [3.8, 4) is 16.2 Å². The van der Waals surface area contributed by atoms with Crippen molar-refractivity contribution < 1.29 is 9.53 Å². The molecular weight excluding hydrogens is 380 g/mol. The predicted octanol–water partition coefficient (Wildman–Crippen LogP) is 3.74. The van der Waals surface area contributed by atoms with Gasteiger partial charge in [-0.15, -0.1) is 22.7 Å². The zero-order chi connectivity index (χ0) is 18.5. The number of hydrogen-bond donors (Lipinski definition) is 1. The average molecular weight is 396 g/mol. The van der Waals surface area contributed by atoms with Crippen LogP contribution in [0, 0.1) is 0 Å². The normalized spacial score (nSPS) is 15.3. The summed E-state index contributed by atoms with van der Waals surface area (Å²) in [6.07, 6.45) is 3.33. The zero-order valence-electron chi connectivity index (χ0n) is 14.7. The Labute approximate surface area is 163 Å². The molecule has 4 heterocycles. The highest BCUT2D eigenvalue weighted by atomic mass is 32.1. The van der Waals surface area contributed by atoms with Crippen LogP contribution in [0.2, 0.25) is 0 Å². The Morgan fingerprint density at radius 2 is 2.22 bits per heavy atom. The van der Waals surface area contributed by atoms with Gasteiger partial charge in [-0.25, -0.2) is 4.98 Å². The number of aryl methyl sites for hydroxylation is 1. The molecule has 0 spiro atoms. The van der Waals surface area contributed by atoms with E-state index in [0.717, 1.165) is 42.2 Å². The van der Waals surface area contributed by atoms with Crippen LogP contribution in [0.3, 0.4) is 0 Å². The van der Waals surface area contributed by atoms with E-state index in [9.17, 15) is 4.79 Å². The van der Waals surface area contributed by atoms with Crippen LogP contribution in [-0.2, 0) is 11.8 Å². The first-order chi connectivity index (χ1) is 13.1. The van der Waals surface area contributed by atoms with Gasteiger partial charge in [-0.1, -0.05) is 0 Å². The number of fused-ring (bicyclic) bond motifs is 2. The molecule has 1 aliphatic heterocycles. The molecule has 1 aromatic carbocycles. The quantitative estimate of drug-likeness (QED) is 0.571. The maximum absolute atomic E-state index is 11.5. The number of thiazole rings is 1. The lowest BCUT2D eigenvalue weighted by molar-refractivity contribution is -0.115. The van der Waals surface area contributed by atoms with E-state index in [2.05, 4.69) is 33.6 Å². The van der Waals surface area contributed by atoms with E-state index >= 15 is 0 Å². The smallest absolute Gasteiger partial charge is 0.244 e. The van der Waals surface area contributed by atoms with E-state index in [4.69, 9.17) is 4.74 Å². The maximum atomic E-state index is 11.5. The van der Waals surface area contributed by atoms with Crippen molar-refractivity contribution in [2.75, 3.05) is 6.54 Å². The van der Waals surface area contributed by atoms with Crippen LogP contribution in [0.5, 0.6) is 5.75 Å². The molecule has 5 rings (SSSR count). The highest BCUT2D eigenvalue weighted by molar-refractivity contribution is 7.22. The SMILES string of the molecule is C[C@@H](Oc1cc(-c2cc3c(cnn3C)s2)cc2ncsc12)C1=CC(=O)NC1. The van der Waals surface area contributed by atoms with Gasteiger partial charge < -0.3 is 10.1 Å². The van der Waals surface area contributed by atoms with Crippen molar-refractivity contribution in [3.05, 3.63) is 41.6 Å². The van der Waals surface area contributed by atoms with Crippen molar-refractivity contribution >= 4 is 49.0 Å². The number of amides is 1. The summed E-state index contributed by atoms with van der Waals surface area (Å²) in [6.45, 7) is 2.51. The van der Waals surface area contributed by atoms with Gasteiger partial charge in [-0.05, 0) is 36.3 Å². The number of carbonyl (C=O) groups excluding carboxylic acids is 1. The standard InChI is InChI=1S/C19H16N4O2S2/c1-10(12-5-18(24)20-7-12)25-15-4-11(3-13-19(15)26-9-21-13)16-6-14-17(27-16)8-22-23(14)2/h3-6,8-10H,7H2,1-2H3,(H,20,24)/t10-/m1/s1. The molecule has 1 atom stereocenters. The third kappa shape index (κ3) is 2.81. The van der Waals surface area contributed by atoms with Gasteiger partial charge in [0.1, 0.15) is 11.9 Å². The van der Waals surface area contributed by atoms with Crippen molar-refractivity contribution in [1.82, 2.24) is 20.1 Å². The summed E-state index contributed by atoms with van der Waals surface area (Å²) in [5.74, 6) is 0.740. The number of nitrogens with zero attached hydrogens (tertiary/aromatic N) is 3. The second-order valence-electron chi connectivity index (χ2n) is 6.50. The van der Waals surface area contributed by atoms with Crippen molar-refractivity contribution in [1.29, 1.82) is 0 Å². The van der Waals surface area contributed by atoms with Gasteiger partial charge in [0, 0.05) is 24.5 Å². The summed E-state index contributed by atoms with van der Waals surface area (Å²) in [7, 11) is 1.95. The Bertz CT molecular complexity index is 1220. The molecule has 0 aliphatic carbocycles. The summed E-state index contributed by atoms with van der Waals surface area (Å²) in [4.78, 5) is 17.1. The van der Waals surface area contributed by atoms with Crippen LogP contribution in [-0.4, -0.2) is 33.3 Å². The molecular formula is C19H16N4O2S2. The summed E-state index contributed by atoms with van der Waals surface area (Å²) in [6, 6.07) is 6.32. The average Bonchev–Trinajstić information content (AvgIpc) is 3.40. The molecule has 1 N–H and O–H groups in total. The van der Waals surface area contributed by atoms with Gasteiger partial charge in [0.05, 0.1) is 32.1 Å². The van der Waals surface area contributed by atoms with Gasteiger partial charge in [0.25, 0.3) is 0 Å². The Hall–Kier alpha value is -2.71. The summed E-state index contributed by atoms with van der Waals surface area (Å²) >= 11 is 3.27. The summed E-state index contributed by atoms with van der Waals surface area (Å²) in [5, 5.41) is 7.09. The third-order valence-electron chi connectivity index (χ3n) is 4.73. The van der Waals surface area contributed by atoms with Gasteiger partial charge in [-0.3, -0.25) is 9.48 Å². The van der Waals surface area contributed by atoms with Crippen LogP contribution >= 0.6 is 22.7 Å². The van der Waals surface area contributed by atoms with Gasteiger partial charge in [-0.2, -0.15) is 5.10 Å². The number of benzene rings is 1. The fourth-order valence-electron chi connectivity index (χ4n) is 3.24. The van der Waals surface area contributed by atoms with Gasteiger partial charge >= 0.3 is 0 Å². The molecule has 0 radical (unpaired) electrons. The predicted molar refractivity (Wildman–Crippen MR) is 108 cm³/mol. The second-order valence-corrected chi connectivity index (χ2v) is 8.44. The van der Waals surface area contributed by atoms with Gasteiger partial charge in [0.2, 0.25) is 5.91 Å². The molecule has 0 bridgehead atoms. The number of thiophene rings is 1. The fraction of sp³-hybridized carbons (Fsp3) is 0.211. The lowest BCUT2D eigenvalue weighted by Gasteiger charge is -2.16. The number of hydrogen-bond acceptors (Lipinski definition) is 6. The first-order valence-electron chi connectivity index (χ1n) is 8.52. The minimum absolute atomic E-state index is 0.0592. The summed E-state index contributed by atoms with van der Waals surface area (Å²) < 4.78 is 10.3. The summed E-state index contributed by atoms with van der Waals surface area (Å²) in [5.41, 5.74) is 5.90. The highest BCUT2D eigenvalue weighted by Gasteiger charge is 2.20. The molecule has 8 heteroatoms. The van der Waals surface area contributed by atoms with E-state index in [-0.39, 0.29) is 12.0 Å². The molecule has 1 aliphatic rings. The third-order valence-corrected chi connectivity index (χ3v) is 6.69. The first-order valence-corrected chi connectivity index (χ1v) is 10.2. The molecule has 0 fully saturated rings. The van der Waals surface area contributed by atoms with E-state index in [0.29, 0.717) is 6.54 Å². The molecule has 3 aromatic heterocycles. The number of aromatic nitrogens is 3. The van der Waals surface area contributed by atoms with Crippen LogP contribution in [0.4, 0.5) is 0 Å². The number of nitrogens with one attached hydrogen (secondary N) is 1.